The molecule has 0 saturated carbocycles. The predicted octanol–water partition coefficient (Wildman–Crippen LogP) is 0.721. The monoisotopic (exact) mass is 291 g/mol. The maximum Gasteiger partial charge on any atom is 0.511 e. The molecule has 10 nitrogen and oxygen atoms in total. The summed E-state index contributed by atoms with van der Waals surface area (Å²) in [5.74, 6) is -1.56. The van der Waals surface area contributed by atoms with Crippen LogP contribution in [0.3, 0.4) is 0 Å². The van der Waals surface area contributed by atoms with Crippen LogP contribution in [0.15, 0.2) is 5.28 Å². The highest BCUT2D eigenvalue weighted by molar-refractivity contribution is 5.70. The zero-order valence-electron chi connectivity index (χ0n) is 11.2. The number of hydrazine groups is 1. The Morgan fingerprint density at radius 3 is 2.85 bits per heavy atom. The van der Waals surface area contributed by atoms with Crippen molar-refractivity contribution >= 4 is 12.1 Å². The Morgan fingerprint density at radius 2 is 2.25 bits per heavy atom. The van der Waals surface area contributed by atoms with E-state index in [1.165, 1.54) is 11.9 Å². The number of piperidine rings is 1. The van der Waals surface area contributed by atoms with Gasteiger partial charge in [-0.1, -0.05) is 0 Å². The second-order valence-corrected chi connectivity index (χ2v) is 4.17. The fraction of sp³-hybridized carbons (Fsp3) is 0.800. The Labute approximate surface area is 115 Å². The van der Waals surface area contributed by atoms with Gasteiger partial charge in [0.1, 0.15) is 0 Å². The van der Waals surface area contributed by atoms with E-state index in [-0.39, 0.29) is 11.5 Å². The quantitative estimate of drug-likeness (QED) is 0.258. The van der Waals surface area contributed by atoms with E-state index in [2.05, 4.69) is 19.6 Å². The molecule has 0 bridgehead atoms. The number of hydrogen-bond acceptors (Lipinski definition) is 7. The van der Waals surface area contributed by atoms with Crippen molar-refractivity contribution in [3.8, 4) is 0 Å². The highest BCUT2D eigenvalue weighted by Crippen LogP contribution is 2.16. The summed E-state index contributed by atoms with van der Waals surface area (Å²) in [6.45, 7) is 1.79. The van der Waals surface area contributed by atoms with Crippen LogP contribution in [-0.4, -0.2) is 53.7 Å². The molecule has 1 aliphatic heterocycles. The Kier molecular flexibility index (Phi) is 5.81. The predicted molar refractivity (Wildman–Crippen MR) is 62.0 cm³/mol. The minimum absolute atomic E-state index is 0.0535. The topological polar surface area (TPSA) is 124 Å². The average molecular weight is 291 g/mol. The Hall–Kier alpha value is -2.26. The lowest BCUT2D eigenvalue weighted by atomic mass is 10.00. The summed E-state index contributed by atoms with van der Waals surface area (Å²) in [6, 6.07) is 0. The molecular weight excluding hydrogens is 274 g/mol. The Bertz CT molecular complexity index is 387. The van der Waals surface area contributed by atoms with E-state index >= 15 is 0 Å². The van der Waals surface area contributed by atoms with Crippen LogP contribution in [0.4, 0.5) is 4.79 Å². The Morgan fingerprint density at radius 1 is 1.55 bits per heavy atom. The summed E-state index contributed by atoms with van der Waals surface area (Å²) in [5.41, 5.74) is 0. The Balaban J connectivity index is 2.47. The van der Waals surface area contributed by atoms with Crippen molar-refractivity contribution in [3.63, 3.8) is 0 Å². The van der Waals surface area contributed by atoms with Crippen LogP contribution in [-0.2, 0) is 19.1 Å². The summed E-state index contributed by atoms with van der Waals surface area (Å²) < 4.78 is 8.78. The molecular formula is C10H17N3O7. The maximum atomic E-state index is 11.6. The molecule has 0 aromatic rings. The number of methoxy groups -OCH3 is 1. The minimum atomic E-state index is -1.10. The van der Waals surface area contributed by atoms with Crippen molar-refractivity contribution in [1.29, 1.82) is 0 Å². The summed E-state index contributed by atoms with van der Waals surface area (Å²) in [4.78, 5) is 26.4. The molecule has 1 heterocycles. The van der Waals surface area contributed by atoms with E-state index < -0.39 is 24.3 Å². The van der Waals surface area contributed by atoms with Gasteiger partial charge < -0.3 is 19.8 Å². The van der Waals surface area contributed by atoms with Crippen molar-refractivity contribution < 1.29 is 34.0 Å². The van der Waals surface area contributed by atoms with Gasteiger partial charge in [0.2, 0.25) is 5.28 Å². The molecule has 0 aromatic heterocycles. The standard InChI is InChI=1S/C10H17N3O7/c1-7(19-10(16)18-2)20-11-13(17)12-5-3-4-8(6-12)9(14)15/h7-8H,3-6H2,1-2H3,(H,14,15). The van der Waals surface area contributed by atoms with Gasteiger partial charge in [0, 0.05) is 6.92 Å². The average Bonchev–Trinajstić information content (AvgIpc) is 2.44. The number of hydrogen-bond donors (Lipinski definition) is 1. The first-order valence-electron chi connectivity index (χ1n) is 6.00. The molecule has 1 N–H and O–H groups in total. The molecule has 1 fully saturated rings. The number of carbonyl (C=O) groups is 2. The smallest absolute Gasteiger partial charge is 0.511 e. The molecule has 1 rings (SSSR count). The lowest BCUT2D eigenvalue weighted by Crippen LogP contribution is -2.42. The lowest BCUT2D eigenvalue weighted by Gasteiger charge is -2.26. The van der Waals surface area contributed by atoms with Gasteiger partial charge in [-0.2, -0.15) is 0 Å². The molecule has 0 amide bonds. The van der Waals surface area contributed by atoms with Crippen LogP contribution in [0.1, 0.15) is 19.8 Å². The van der Waals surface area contributed by atoms with Crippen LogP contribution in [0.2, 0.25) is 0 Å². The number of carboxylic acid groups (broad SMARTS) is 1. The van der Waals surface area contributed by atoms with E-state index in [0.717, 1.165) is 7.11 Å². The van der Waals surface area contributed by atoms with Gasteiger partial charge in [0.15, 0.2) is 0 Å². The molecule has 1 aliphatic rings. The first-order chi connectivity index (χ1) is 9.43. The molecule has 0 radical (unpaired) electrons. The summed E-state index contributed by atoms with van der Waals surface area (Å²) >= 11 is 0. The minimum Gasteiger partial charge on any atom is -0.569 e. The molecule has 114 valence electrons. The van der Waals surface area contributed by atoms with Crippen molar-refractivity contribution in [1.82, 2.24) is 5.01 Å². The fourth-order valence-electron chi connectivity index (χ4n) is 1.68. The van der Waals surface area contributed by atoms with Gasteiger partial charge >= 0.3 is 12.1 Å². The first kappa shape index (κ1) is 15.8. The number of rotatable bonds is 5. The second-order valence-electron chi connectivity index (χ2n) is 4.17. The van der Waals surface area contributed by atoms with Crippen LogP contribution in [0, 0.1) is 11.1 Å². The number of carbonyl (C=O) groups excluding carboxylic acids is 1. The van der Waals surface area contributed by atoms with E-state index in [1.54, 1.807) is 0 Å². The van der Waals surface area contributed by atoms with Crippen molar-refractivity contribution in [2.45, 2.75) is 26.1 Å². The van der Waals surface area contributed by atoms with Gasteiger partial charge in [0.05, 0.1) is 31.1 Å². The second kappa shape index (κ2) is 7.36. The van der Waals surface area contributed by atoms with Crippen molar-refractivity contribution in [2.75, 3.05) is 20.2 Å². The van der Waals surface area contributed by atoms with Crippen LogP contribution in [0.5, 0.6) is 0 Å². The third-order valence-electron chi connectivity index (χ3n) is 2.69. The summed E-state index contributed by atoms with van der Waals surface area (Å²) in [7, 11) is 1.13. The summed E-state index contributed by atoms with van der Waals surface area (Å²) in [5, 5.41) is 24.9. The number of aliphatic carboxylic acids is 1. The van der Waals surface area contributed by atoms with E-state index in [9.17, 15) is 14.8 Å². The molecule has 10 heteroatoms. The summed E-state index contributed by atoms with van der Waals surface area (Å²) in [6.07, 6.45) is -0.977. The van der Waals surface area contributed by atoms with Gasteiger partial charge in [0.25, 0.3) is 6.29 Å². The number of nitrogens with zero attached hydrogens (tertiary/aromatic N) is 3. The first-order valence-corrected chi connectivity index (χ1v) is 6.00. The van der Waals surface area contributed by atoms with E-state index in [1.807, 2.05) is 0 Å². The molecule has 2 atom stereocenters. The highest BCUT2D eigenvalue weighted by atomic mass is 16.8. The fourth-order valence-corrected chi connectivity index (χ4v) is 1.68. The lowest BCUT2D eigenvalue weighted by molar-refractivity contribution is -0.715. The molecule has 2 unspecified atom stereocenters. The third kappa shape index (κ3) is 4.78. The van der Waals surface area contributed by atoms with Gasteiger partial charge in [-0.05, 0) is 12.8 Å². The normalized spacial score (nSPS) is 21.0. The SMILES string of the molecule is COC(=O)OC(C)ON=[N+]([O-])N1CCCC(C(=O)O)C1. The number of ether oxygens (including phenoxy) is 2. The molecule has 20 heavy (non-hydrogen) atoms. The molecule has 0 spiro atoms. The zero-order valence-corrected chi connectivity index (χ0v) is 11.2. The van der Waals surface area contributed by atoms with Crippen LogP contribution < -0.4 is 0 Å². The van der Waals surface area contributed by atoms with E-state index in [4.69, 9.17) is 5.11 Å². The van der Waals surface area contributed by atoms with Gasteiger partial charge in [-0.15, -0.1) is 5.01 Å². The maximum absolute atomic E-state index is 11.6. The van der Waals surface area contributed by atoms with Gasteiger partial charge in [-0.25, -0.2) is 4.79 Å². The van der Waals surface area contributed by atoms with E-state index in [0.29, 0.717) is 19.4 Å². The van der Waals surface area contributed by atoms with Gasteiger partial charge in [-0.3, -0.25) is 9.63 Å². The van der Waals surface area contributed by atoms with Crippen LogP contribution in [0.25, 0.3) is 0 Å². The third-order valence-corrected chi connectivity index (χ3v) is 2.69. The van der Waals surface area contributed by atoms with Crippen molar-refractivity contribution in [3.05, 3.63) is 5.21 Å². The molecule has 0 aliphatic carbocycles. The van der Waals surface area contributed by atoms with Crippen molar-refractivity contribution in [2.24, 2.45) is 11.2 Å². The number of carboxylic acids is 1. The highest BCUT2D eigenvalue weighted by Gasteiger charge is 2.29. The molecule has 1 saturated heterocycles. The largest absolute Gasteiger partial charge is 0.569 e. The van der Waals surface area contributed by atoms with Crippen LogP contribution >= 0.6 is 0 Å². The molecule has 0 aromatic carbocycles. The zero-order chi connectivity index (χ0) is 15.1.